The summed E-state index contributed by atoms with van der Waals surface area (Å²) in [6, 6.07) is 10.4. The van der Waals surface area contributed by atoms with Gasteiger partial charge in [-0.2, -0.15) is 5.10 Å². The molecule has 11 nitrogen and oxygen atoms in total. The van der Waals surface area contributed by atoms with Crippen LogP contribution in [0.25, 0.3) is 22.0 Å². The number of aryl methyl sites for hydroxylation is 1. The average Bonchev–Trinajstić information content (AvgIpc) is 3.84. The molecule has 0 bridgehead atoms. The molecule has 46 heavy (non-hydrogen) atoms. The molecule has 7 rings (SSSR count). The number of imidazole rings is 1. The minimum Gasteiger partial charge on any atom is -0.444 e. The number of benzene rings is 2. The lowest BCUT2D eigenvalue weighted by Crippen LogP contribution is -2.50. The third-order valence-electron chi connectivity index (χ3n) is 8.33. The summed E-state index contributed by atoms with van der Waals surface area (Å²) in [5.74, 6) is -0.788. The Morgan fingerprint density at radius 1 is 1.02 bits per heavy atom. The summed E-state index contributed by atoms with van der Waals surface area (Å²) in [5.41, 5.74) is 3.40. The lowest BCUT2D eigenvalue weighted by atomic mass is 10.0. The Hall–Kier alpha value is -4.78. The number of thiazole rings is 1. The van der Waals surface area contributed by atoms with Gasteiger partial charge in [-0.15, -0.1) is 11.3 Å². The van der Waals surface area contributed by atoms with Crippen molar-refractivity contribution in [3.63, 3.8) is 0 Å². The molecule has 0 saturated carbocycles. The van der Waals surface area contributed by atoms with E-state index < -0.39 is 17.5 Å². The number of fused-ring (bicyclic) bond motifs is 2. The third-order valence-corrected chi connectivity index (χ3v) is 9.02. The maximum Gasteiger partial charge on any atom is 0.410 e. The lowest BCUT2D eigenvalue weighted by Gasteiger charge is -2.36. The van der Waals surface area contributed by atoms with Crippen LogP contribution in [0.3, 0.4) is 0 Å². The van der Waals surface area contributed by atoms with Crippen molar-refractivity contribution in [3.8, 4) is 11.1 Å². The molecule has 3 aromatic heterocycles. The lowest BCUT2D eigenvalue weighted by molar-refractivity contribution is -0.118. The second-order valence-corrected chi connectivity index (χ2v) is 13.5. The van der Waals surface area contributed by atoms with Crippen molar-refractivity contribution >= 4 is 45.1 Å². The number of anilines is 2. The molecule has 5 heterocycles. The zero-order chi connectivity index (χ0) is 32.0. The Morgan fingerprint density at radius 2 is 1.80 bits per heavy atom. The summed E-state index contributed by atoms with van der Waals surface area (Å²) >= 11 is 1.32. The van der Waals surface area contributed by atoms with Crippen LogP contribution in [0.15, 0.2) is 60.5 Å². The van der Waals surface area contributed by atoms with Gasteiger partial charge in [0.2, 0.25) is 0 Å². The predicted octanol–water partition coefficient (Wildman–Crippen LogP) is 5.73. The van der Waals surface area contributed by atoms with Crippen molar-refractivity contribution < 1.29 is 18.7 Å². The molecule has 0 aliphatic carbocycles. The van der Waals surface area contributed by atoms with Crippen LogP contribution in [0, 0.1) is 5.82 Å². The number of hydrogen-bond donors (Lipinski definition) is 1. The minimum atomic E-state index is -0.886. The summed E-state index contributed by atoms with van der Waals surface area (Å²) in [5, 5.41) is 10.4. The topological polar surface area (TPSA) is 110 Å². The first-order valence-electron chi connectivity index (χ1n) is 15.4. The Morgan fingerprint density at radius 3 is 2.52 bits per heavy atom. The molecule has 1 saturated heterocycles. The van der Waals surface area contributed by atoms with Crippen LogP contribution in [-0.2, 0) is 22.5 Å². The van der Waals surface area contributed by atoms with Crippen molar-refractivity contribution in [2.45, 2.75) is 51.8 Å². The summed E-state index contributed by atoms with van der Waals surface area (Å²) in [4.78, 5) is 38.8. The zero-order valence-electron chi connectivity index (χ0n) is 25.9. The van der Waals surface area contributed by atoms with Gasteiger partial charge in [0.25, 0.3) is 5.91 Å². The molecule has 2 aromatic carbocycles. The number of piperazine rings is 1. The third kappa shape index (κ3) is 5.82. The van der Waals surface area contributed by atoms with E-state index in [2.05, 4.69) is 29.9 Å². The fourth-order valence-electron chi connectivity index (χ4n) is 6.11. The van der Waals surface area contributed by atoms with Gasteiger partial charge >= 0.3 is 6.09 Å². The van der Waals surface area contributed by atoms with Crippen molar-refractivity contribution in [3.05, 3.63) is 77.7 Å². The van der Waals surface area contributed by atoms with Gasteiger partial charge in [0, 0.05) is 72.8 Å². The first kappa shape index (κ1) is 29.9. The fourth-order valence-corrected chi connectivity index (χ4v) is 6.65. The Balaban J connectivity index is 1.12. The van der Waals surface area contributed by atoms with Gasteiger partial charge in [0.05, 0.1) is 12.0 Å². The van der Waals surface area contributed by atoms with E-state index in [1.54, 1.807) is 35.1 Å². The smallest absolute Gasteiger partial charge is 0.410 e. The number of aromatic nitrogens is 5. The van der Waals surface area contributed by atoms with Crippen molar-refractivity contribution in [2.75, 3.05) is 36.4 Å². The molecular weight excluding hydrogens is 607 g/mol. The van der Waals surface area contributed by atoms with E-state index in [1.807, 2.05) is 51.1 Å². The summed E-state index contributed by atoms with van der Waals surface area (Å²) < 4.78 is 25.2. The molecule has 1 atom stereocenters. The van der Waals surface area contributed by atoms with Gasteiger partial charge < -0.3 is 19.1 Å². The summed E-state index contributed by atoms with van der Waals surface area (Å²) in [7, 11) is 0. The van der Waals surface area contributed by atoms with E-state index in [-0.39, 0.29) is 17.5 Å². The number of carbonyl (C=O) groups excluding carboxylic acids is 2. The normalized spacial score (nSPS) is 15.7. The molecule has 2 aliphatic rings. The van der Waals surface area contributed by atoms with Crippen LogP contribution >= 0.6 is 11.3 Å². The SMILES string of the molecule is CC(C)(C)OC(=O)N1CCN(c2ccc(-c3ccc4cn(C(C(=O)Nc5nccs5)c5ncn6c5CCC6)nc4c3F)cc2)CC1. The summed E-state index contributed by atoms with van der Waals surface area (Å²) in [6.07, 6.45) is 6.58. The van der Waals surface area contributed by atoms with Gasteiger partial charge in [-0.1, -0.05) is 24.3 Å². The van der Waals surface area contributed by atoms with E-state index in [0.717, 1.165) is 36.3 Å². The number of carbonyl (C=O) groups is 2. The number of halogens is 1. The van der Waals surface area contributed by atoms with Crippen LogP contribution in [0.2, 0.25) is 0 Å². The molecule has 5 aromatic rings. The predicted molar refractivity (Wildman–Crippen MR) is 175 cm³/mol. The van der Waals surface area contributed by atoms with Gasteiger partial charge in [-0.25, -0.2) is 19.2 Å². The van der Waals surface area contributed by atoms with E-state index >= 15 is 4.39 Å². The standard InChI is InChI=1S/C33H35FN8O3S/c1-33(2,3)45-32(44)40-16-14-39(15-17-40)23-9-6-21(7-10-23)24-11-8-22-19-42(38-27(22)26(24)34)29(30(43)37-31-35-12-18-46-31)28-25-5-4-13-41(25)20-36-28/h6-12,18-20,29H,4-5,13-17H2,1-3H3,(H,35,37,43). The highest BCUT2D eigenvalue weighted by atomic mass is 32.1. The molecule has 1 unspecified atom stereocenters. The molecule has 238 valence electrons. The van der Waals surface area contributed by atoms with Gasteiger partial charge in [0.15, 0.2) is 17.0 Å². The summed E-state index contributed by atoms with van der Waals surface area (Å²) in [6.45, 7) is 8.92. The van der Waals surface area contributed by atoms with Crippen LogP contribution in [0.4, 0.5) is 20.0 Å². The van der Waals surface area contributed by atoms with Crippen LogP contribution in [0.1, 0.15) is 44.6 Å². The molecule has 1 N–H and O–H groups in total. The van der Waals surface area contributed by atoms with E-state index in [4.69, 9.17) is 4.74 Å². The van der Waals surface area contributed by atoms with Crippen molar-refractivity contribution in [1.29, 1.82) is 0 Å². The molecule has 0 spiro atoms. The zero-order valence-corrected chi connectivity index (χ0v) is 26.8. The molecule has 0 radical (unpaired) electrons. The fraction of sp³-hybridized carbons (Fsp3) is 0.364. The van der Waals surface area contributed by atoms with Gasteiger partial charge in [0.1, 0.15) is 11.1 Å². The second-order valence-electron chi connectivity index (χ2n) is 12.6. The molecule has 2 amide bonds. The Kier molecular flexibility index (Phi) is 7.71. The monoisotopic (exact) mass is 642 g/mol. The Bertz CT molecular complexity index is 1890. The number of ether oxygens (including phenoxy) is 1. The van der Waals surface area contributed by atoms with Gasteiger partial charge in [-0.05, 0) is 51.3 Å². The quantitative estimate of drug-likeness (QED) is 0.252. The molecule has 2 aliphatic heterocycles. The van der Waals surface area contributed by atoms with Crippen LogP contribution in [-0.4, -0.2) is 73.0 Å². The Labute approximate surface area is 269 Å². The number of nitrogens with zero attached hydrogens (tertiary/aromatic N) is 7. The van der Waals surface area contributed by atoms with Gasteiger partial charge in [-0.3, -0.25) is 14.8 Å². The highest BCUT2D eigenvalue weighted by Crippen LogP contribution is 2.33. The second kappa shape index (κ2) is 11.9. The van der Waals surface area contributed by atoms with E-state index in [1.165, 1.54) is 16.0 Å². The maximum atomic E-state index is 16.1. The largest absolute Gasteiger partial charge is 0.444 e. The molecule has 13 heteroatoms. The highest BCUT2D eigenvalue weighted by Gasteiger charge is 2.32. The number of rotatable bonds is 6. The number of hydrogen-bond acceptors (Lipinski definition) is 8. The van der Waals surface area contributed by atoms with Crippen LogP contribution < -0.4 is 10.2 Å². The van der Waals surface area contributed by atoms with E-state index in [9.17, 15) is 9.59 Å². The minimum absolute atomic E-state index is 0.183. The molecule has 1 fully saturated rings. The number of nitrogens with one attached hydrogen (secondary N) is 1. The first-order valence-corrected chi connectivity index (χ1v) is 16.3. The van der Waals surface area contributed by atoms with Crippen molar-refractivity contribution in [1.82, 2.24) is 29.2 Å². The first-order chi connectivity index (χ1) is 22.1. The van der Waals surface area contributed by atoms with Crippen molar-refractivity contribution in [2.24, 2.45) is 0 Å². The van der Waals surface area contributed by atoms with Crippen LogP contribution in [0.5, 0.6) is 0 Å². The number of amides is 2. The average molecular weight is 643 g/mol. The molecular formula is C33H35FN8O3S. The van der Waals surface area contributed by atoms with E-state index in [0.29, 0.717) is 48.0 Å². The highest BCUT2D eigenvalue weighted by molar-refractivity contribution is 7.13. The maximum absolute atomic E-state index is 16.1.